The normalized spacial score (nSPS) is 12.5. The number of halogens is 4. The van der Waals surface area contributed by atoms with Crippen LogP contribution in [0.3, 0.4) is 0 Å². The summed E-state index contributed by atoms with van der Waals surface area (Å²) in [4.78, 5) is 0. The number of hydrogen-bond acceptors (Lipinski definition) is 2. The lowest BCUT2D eigenvalue weighted by atomic mass is 9.99. The number of hydrazine groups is 1. The number of hydrogen-bond donors (Lipinski definition) is 2. The molecule has 6 heteroatoms. The highest BCUT2D eigenvalue weighted by Crippen LogP contribution is 2.33. The Labute approximate surface area is 122 Å². The van der Waals surface area contributed by atoms with Crippen molar-refractivity contribution in [2.45, 2.75) is 6.04 Å². The van der Waals surface area contributed by atoms with Crippen molar-refractivity contribution in [1.82, 2.24) is 5.43 Å². The third-order valence-electron chi connectivity index (χ3n) is 2.73. The summed E-state index contributed by atoms with van der Waals surface area (Å²) in [5, 5.41) is 0.348. The highest BCUT2D eigenvalue weighted by atomic mass is 79.9. The van der Waals surface area contributed by atoms with Gasteiger partial charge in [-0.2, -0.15) is 0 Å². The first-order chi connectivity index (χ1) is 9.04. The van der Waals surface area contributed by atoms with Crippen molar-refractivity contribution in [2.24, 2.45) is 5.84 Å². The van der Waals surface area contributed by atoms with E-state index < -0.39 is 17.7 Å². The fourth-order valence-electron chi connectivity index (χ4n) is 1.83. The molecule has 0 fully saturated rings. The van der Waals surface area contributed by atoms with E-state index in [4.69, 9.17) is 17.4 Å². The van der Waals surface area contributed by atoms with E-state index in [2.05, 4.69) is 21.4 Å². The van der Waals surface area contributed by atoms with Crippen LogP contribution in [0.5, 0.6) is 0 Å². The monoisotopic (exact) mass is 346 g/mol. The zero-order valence-corrected chi connectivity index (χ0v) is 12.0. The highest BCUT2D eigenvalue weighted by Gasteiger charge is 2.20. The van der Waals surface area contributed by atoms with Gasteiger partial charge in [-0.05, 0) is 51.3 Å². The van der Waals surface area contributed by atoms with Crippen LogP contribution in [0.1, 0.15) is 17.2 Å². The lowest BCUT2D eigenvalue weighted by Crippen LogP contribution is -2.29. The Bertz CT molecular complexity index is 605. The fourth-order valence-corrected chi connectivity index (χ4v) is 2.55. The van der Waals surface area contributed by atoms with Crippen LogP contribution < -0.4 is 11.3 Å². The molecule has 2 nitrogen and oxygen atoms in total. The summed E-state index contributed by atoms with van der Waals surface area (Å²) < 4.78 is 27.1. The predicted molar refractivity (Wildman–Crippen MR) is 74.7 cm³/mol. The van der Waals surface area contributed by atoms with E-state index in [0.29, 0.717) is 16.1 Å². The second-order valence-corrected chi connectivity index (χ2v) is 5.11. The molecule has 0 saturated carbocycles. The van der Waals surface area contributed by atoms with Gasteiger partial charge in [0, 0.05) is 5.02 Å². The van der Waals surface area contributed by atoms with Gasteiger partial charge in [0.2, 0.25) is 0 Å². The smallest absolute Gasteiger partial charge is 0.137 e. The van der Waals surface area contributed by atoms with Crippen LogP contribution in [0.2, 0.25) is 5.02 Å². The first-order valence-electron chi connectivity index (χ1n) is 5.39. The van der Waals surface area contributed by atoms with Gasteiger partial charge in [0.05, 0.1) is 10.5 Å². The Balaban J connectivity index is 2.56. The van der Waals surface area contributed by atoms with Crippen molar-refractivity contribution in [2.75, 3.05) is 0 Å². The molecule has 0 amide bonds. The van der Waals surface area contributed by atoms with Crippen LogP contribution >= 0.6 is 27.5 Å². The van der Waals surface area contributed by atoms with Gasteiger partial charge in [-0.25, -0.2) is 14.2 Å². The molecule has 0 radical (unpaired) electrons. The van der Waals surface area contributed by atoms with E-state index >= 15 is 0 Å². The maximum Gasteiger partial charge on any atom is 0.137 e. The molecule has 0 aliphatic rings. The van der Waals surface area contributed by atoms with Gasteiger partial charge in [-0.3, -0.25) is 5.84 Å². The summed E-state index contributed by atoms with van der Waals surface area (Å²) in [6.07, 6.45) is 0. The Morgan fingerprint density at radius 1 is 1.16 bits per heavy atom. The maximum absolute atomic E-state index is 13.5. The molecule has 1 unspecified atom stereocenters. The largest absolute Gasteiger partial charge is 0.271 e. The van der Waals surface area contributed by atoms with Crippen LogP contribution in [0.25, 0.3) is 0 Å². The summed E-state index contributed by atoms with van der Waals surface area (Å²) >= 11 is 9.20. The lowest BCUT2D eigenvalue weighted by molar-refractivity contribution is 0.589. The predicted octanol–water partition coefficient (Wildman–Crippen LogP) is 3.93. The molecule has 1 atom stereocenters. The second-order valence-electron chi connectivity index (χ2n) is 3.91. The van der Waals surface area contributed by atoms with E-state index in [1.54, 1.807) is 12.1 Å². The summed E-state index contributed by atoms with van der Waals surface area (Å²) in [5.41, 5.74) is 3.50. The number of rotatable bonds is 3. The van der Waals surface area contributed by atoms with Gasteiger partial charge in [-0.1, -0.05) is 23.7 Å². The quantitative estimate of drug-likeness (QED) is 0.652. The molecule has 19 heavy (non-hydrogen) atoms. The van der Waals surface area contributed by atoms with Gasteiger partial charge in [0.1, 0.15) is 11.6 Å². The van der Waals surface area contributed by atoms with E-state index in [-0.39, 0.29) is 4.47 Å². The third kappa shape index (κ3) is 2.95. The van der Waals surface area contributed by atoms with Gasteiger partial charge in [0.25, 0.3) is 0 Å². The lowest BCUT2D eigenvalue weighted by Gasteiger charge is -2.19. The summed E-state index contributed by atoms with van der Waals surface area (Å²) in [6, 6.07) is 7.88. The average molecular weight is 348 g/mol. The Hall–Kier alpha value is -1.01. The standard InChI is InChI=1S/C13H10BrClF2N2/c14-12-8(2-1-3-11(12)17)13(19-18)9-6-7(16)4-5-10(9)15/h1-6,13,19H,18H2. The molecule has 0 bridgehead atoms. The van der Waals surface area contributed by atoms with Crippen LogP contribution in [-0.2, 0) is 0 Å². The van der Waals surface area contributed by atoms with E-state index in [1.807, 2.05) is 0 Å². The molecule has 0 heterocycles. The van der Waals surface area contributed by atoms with Gasteiger partial charge in [-0.15, -0.1) is 0 Å². The summed E-state index contributed by atoms with van der Waals surface area (Å²) in [7, 11) is 0. The molecule has 0 saturated heterocycles. The Kier molecular flexibility index (Phi) is 4.52. The van der Waals surface area contributed by atoms with Crippen molar-refractivity contribution >= 4 is 27.5 Å². The zero-order chi connectivity index (χ0) is 14.0. The van der Waals surface area contributed by atoms with Gasteiger partial charge in [0.15, 0.2) is 0 Å². The van der Waals surface area contributed by atoms with Crippen LogP contribution in [0.4, 0.5) is 8.78 Å². The Morgan fingerprint density at radius 3 is 2.58 bits per heavy atom. The molecule has 100 valence electrons. The molecular formula is C13H10BrClF2N2. The minimum Gasteiger partial charge on any atom is -0.271 e. The minimum atomic E-state index is -0.617. The van der Waals surface area contributed by atoms with E-state index in [1.165, 1.54) is 24.3 Å². The average Bonchev–Trinajstić information content (AvgIpc) is 2.39. The fraction of sp³-hybridized carbons (Fsp3) is 0.0769. The minimum absolute atomic E-state index is 0.262. The first kappa shape index (κ1) is 14.4. The molecule has 0 aromatic heterocycles. The topological polar surface area (TPSA) is 38.0 Å². The maximum atomic E-state index is 13.5. The summed E-state index contributed by atoms with van der Waals surface area (Å²) in [5.74, 6) is 4.64. The summed E-state index contributed by atoms with van der Waals surface area (Å²) in [6.45, 7) is 0. The van der Waals surface area contributed by atoms with Crippen molar-refractivity contribution in [3.8, 4) is 0 Å². The van der Waals surface area contributed by atoms with Gasteiger partial charge >= 0.3 is 0 Å². The number of nitrogens with two attached hydrogens (primary N) is 1. The third-order valence-corrected chi connectivity index (χ3v) is 3.91. The van der Waals surface area contributed by atoms with Crippen LogP contribution in [0, 0.1) is 11.6 Å². The molecule has 2 aromatic rings. The van der Waals surface area contributed by atoms with E-state index in [9.17, 15) is 8.78 Å². The Morgan fingerprint density at radius 2 is 1.89 bits per heavy atom. The molecular weight excluding hydrogens is 338 g/mol. The molecule has 2 aromatic carbocycles. The zero-order valence-electron chi connectivity index (χ0n) is 9.63. The van der Waals surface area contributed by atoms with E-state index in [0.717, 1.165) is 0 Å². The molecule has 3 N–H and O–H groups in total. The number of benzene rings is 2. The molecule has 2 rings (SSSR count). The first-order valence-corrected chi connectivity index (χ1v) is 6.56. The van der Waals surface area contributed by atoms with Crippen molar-refractivity contribution in [1.29, 1.82) is 0 Å². The molecule has 0 spiro atoms. The van der Waals surface area contributed by atoms with Crippen molar-refractivity contribution in [3.05, 3.63) is 68.7 Å². The second kappa shape index (κ2) is 5.96. The molecule has 0 aliphatic carbocycles. The van der Waals surface area contributed by atoms with Crippen molar-refractivity contribution < 1.29 is 8.78 Å². The van der Waals surface area contributed by atoms with Crippen LogP contribution in [-0.4, -0.2) is 0 Å². The van der Waals surface area contributed by atoms with Crippen LogP contribution in [0.15, 0.2) is 40.9 Å². The number of nitrogens with one attached hydrogen (secondary N) is 1. The van der Waals surface area contributed by atoms with Crippen molar-refractivity contribution in [3.63, 3.8) is 0 Å². The van der Waals surface area contributed by atoms with Gasteiger partial charge < -0.3 is 0 Å². The highest BCUT2D eigenvalue weighted by molar-refractivity contribution is 9.10. The molecule has 0 aliphatic heterocycles. The SMILES string of the molecule is NNC(c1cc(F)ccc1Cl)c1cccc(F)c1Br.